The normalized spacial score (nSPS) is 11.6. The van der Waals surface area contributed by atoms with E-state index in [1.54, 1.807) is 0 Å². The van der Waals surface area contributed by atoms with E-state index in [1.165, 1.54) is 43.7 Å². The topological polar surface area (TPSA) is 21.3 Å². The van der Waals surface area contributed by atoms with Crippen LogP contribution in [0.25, 0.3) is 82.5 Å². The highest BCUT2D eigenvalue weighted by molar-refractivity contribution is 6.12. The van der Waals surface area contributed by atoms with E-state index in [0.29, 0.717) is 0 Å². The molecule has 0 aliphatic carbocycles. The summed E-state index contributed by atoms with van der Waals surface area (Å²) >= 11 is 0. The van der Waals surface area contributed by atoms with Crippen molar-refractivity contribution in [1.29, 1.82) is 0 Å². The van der Waals surface area contributed by atoms with E-state index in [2.05, 4.69) is 204 Å². The molecule has 0 aliphatic heterocycles. The van der Waals surface area contributed by atoms with Gasteiger partial charge in [-0.15, -0.1) is 0 Å². The van der Waals surface area contributed by atoms with Gasteiger partial charge < -0.3 is 13.9 Å². The summed E-state index contributed by atoms with van der Waals surface area (Å²) < 4.78 is 8.62. The van der Waals surface area contributed by atoms with E-state index < -0.39 is 0 Å². The minimum atomic E-state index is 0.901. The maximum absolute atomic E-state index is 6.24. The van der Waals surface area contributed by atoms with Crippen LogP contribution in [0.5, 0.6) is 0 Å². The lowest BCUT2D eigenvalue weighted by molar-refractivity contribution is 0.669. The molecule has 0 N–H and O–H groups in total. The molecule has 0 saturated heterocycles. The molecule has 9 aromatic carbocycles. The third kappa shape index (κ3) is 5.20. The number of hydrogen-bond acceptors (Lipinski definition) is 2. The Morgan fingerprint density at radius 1 is 0.364 bits per heavy atom. The molecule has 55 heavy (non-hydrogen) atoms. The van der Waals surface area contributed by atoms with Gasteiger partial charge in [-0.1, -0.05) is 133 Å². The second-order valence-corrected chi connectivity index (χ2v) is 14.2. The number of furan rings is 1. The largest absolute Gasteiger partial charge is 0.456 e. The van der Waals surface area contributed by atoms with Crippen molar-refractivity contribution in [3.63, 3.8) is 0 Å². The fraction of sp³-hybridized carbons (Fsp3) is 0. The molecule has 2 aromatic heterocycles. The quantitative estimate of drug-likeness (QED) is 0.172. The van der Waals surface area contributed by atoms with Gasteiger partial charge in [0.05, 0.1) is 11.0 Å². The third-order valence-electron chi connectivity index (χ3n) is 11.0. The van der Waals surface area contributed by atoms with E-state index in [9.17, 15) is 0 Å². The summed E-state index contributed by atoms with van der Waals surface area (Å²) in [7, 11) is 0. The Balaban J connectivity index is 1.05. The molecular formula is C52H34N2O. The van der Waals surface area contributed by atoms with Crippen molar-refractivity contribution in [3.05, 3.63) is 206 Å². The summed E-state index contributed by atoms with van der Waals surface area (Å²) in [6.07, 6.45) is 0. The molecule has 2 heterocycles. The lowest BCUT2D eigenvalue weighted by Crippen LogP contribution is -2.10. The van der Waals surface area contributed by atoms with Gasteiger partial charge in [-0.2, -0.15) is 0 Å². The lowest BCUT2D eigenvalue weighted by Gasteiger charge is -2.26. The predicted molar refractivity (Wildman–Crippen MR) is 231 cm³/mol. The summed E-state index contributed by atoms with van der Waals surface area (Å²) in [6.45, 7) is 0. The van der Waals surface area contributed by atoms with E-state index in [4.69, 9.17) is 4.42 Å². The van der Waals surface area contributed by atoms with Gasteiger partial charge in [-0.3, -0.25) is 0 Å². The molecule has 258 valence electrons. The predicted octanol–water partition coefficient (Wildman–Crippen LogP) is 14.6. The van der Waals surface area contributed by atoms with Crippen LogP contribution < -0.4 is 4.90 Å². The molecule has 0 radical (unpaired) electrons. The zero-order valence-corrected chi connectivity index (χ0v) is 29.9. The SMILES string of the molecule is c1cc(N(c2ccc(-c3ccc4ccccc4c3)cc2)c2ccc(-c3cccc4oc5ccccc5c34)cc2)cc(-n2c3ccccc3c3ccccc32)c1. The molecule has 0 unspecified atom stereocenters. The van der Waals surface area contributed by atoms with E-state index in [1.807, 2.05) is 12.1 Å². The molecule has 11 aromatic rings. The Labute approximate surface area is 318 Å². The van der Waals surface area contributed by atoms with Crippen LogP contribution >= 0.6 is 0 Å². The number of benzene rings is 9. The second-order valence-electron chi connectivity index (χ2n) is 14.2. The maximum Gasteiger partial charge on any atom is 0.136 e. The minimum absolute atomic E-state index is 0.901. The van der Waals surface area contributed by atoms with Crippen molar-refractivity contribution >= 4 is 71.6 Å². The number of nitrogens with zero attached hydrogens (tertiary/aromatic N) is 2. The van der Waals surface area contributed by atoms with Crippen LogP contribution in [0.4, 0.5) is 17.1 Å². The maximum atomic E-state index is 6.24. The van der Waals surface area contributed by atoms with Crippen LogP contribution in [-0.4, -0.2) is 4.57 Å². The molecular weight excluding hydrogens is 669 g/mol. The van der Waals surface area contributed by atoms with Crippen LogP contribution in [0, 0.1) is 0 Å². The van der Waals surface area contributed by atoms with Gasteiger partial charge in [0.15, 0.2) is 0 Å². The number of para-hydroxylation sites is 3. The summed E-state index contributed by atoms with van der Waals surface area (Å²) in [4.78, 5) is 2.36. The fourth-order valence-electron chi connectivity index (χ4n) is 8.40. The van der Waals surface area contributed by atoms with Crippen molar-refractivity contribution in [3.8, 4) is 27.9 Å². The minimum Gasteiger partial charge on any atom is -0.456 e. The monoisotopic (exact) mass is 702 g/mol. The Bertz CT molecular complexity index is 3150. The van der Waals surface area contributed by atoms with Gasteiger partial charge in [-0.25, -0.2) is 0 Å². The fourth-order valence-corrected chi connectivity index (χ4v) is 8.40. The van der Waals surface area contributed by atoms with Crippen molar-refractivity contribution in [1.82, 2.24) is 4.57 Å². The van der Waals surface area contributed by atoms with E-state index >= 15 is 0 Å². The first-order valence-electron chi connectivity index (χ1n) is 18.8. The highest BCUT2D eigenvalue weighted by Crippen LogP contribution is 2.41. The Morgan fingerprint density at radius 3 is 1.69 bits per heavy atom. The molecule has 11 rings (SSSR count). The van der Waals surface area contributed by atoms with E-state index in [0.717, 1.165) is 55.8 Å². The van der Waals surface area contributed by atoms with Gasteiger partial charge in [0, 0.05) is 44.3 Å². The number of hydrogen-bond donors (Lipinski definition) is 0. The molecule has 3 heteroatoms. The number of fused-ring (bicyclic) bond motifs is 7. The van der Waals surface area contributed by atoms with Gasteiger partial charge in [0.1, 0.15) is 11.2 Å². The summed E-state index contributed by atoms with van der Waals surface area (Å²) in [5.74, 6) is 0. The van der Waals surface area contributed by atoms with Crippen molar-refractivity contribution in [2.24, 2.45) is 0 Å². The smallest absolute Gasteiger partial charge is 0.136 e. The molecule has 0 atom stereocenters. The summed E-state index contributed by atoms with van der Waals surface area (Å²) in [5.41, 5.74) is 13.2. The Morgan fingerprint density at radius 2 is 0.945 bits per heavy atom. The standard InChI is InChI=1S/C52H34N2O/c1-2-12-38-33-39(24-23-35(38)11-1)36-25-29-40(30-26-36)53(41-31-27-37(28-32-41)44-18-10-22-51-52(44)47-17-5-8-21-50(47)55-51)42-13-9-14-43(34-42)54-48-19-6-3-15-45(48)46-16-4-7-20-49(46)54/h1-34H. The number of aromatic nitrogens is 1. The first-order valence-corrected chi connectivity index (χ1v) is 18.8. The first-order chi connectivity index (χ1) is 27.3. The Kier molecular flexibility index (Phi) is 7.17. The van der Waals surface area contributed by atoms with Crippen molar-refractivity contribution in [2.75, 3.05) is 4.90 Å². The second kappa shape index (κ2) is 12.6. The molecule has 0 aliphatic rings. The average Bonchev–Trinajstić information content (AvgIpc) is 3.80. The average molecular weight is 703 g/mol. The summed E-state index contributed by atoms with van der Waals surface area (Å²) in [5, 5.41) is 7.27. The van der Waals surface area contributed by atoms with Gasteiger partial charge in [-0.05, 0) is 106 Å². The van der Waals surface area contributed by atoms with Crippen LogP contribution in [0.1, 0.15) is 0 Å². The first kappa shape index (κ1) is 31.2. The van der Waals surface area contributed by atoms with Crippen LogP contribution in [0.2, 0.25) is 0 Å². The third-order valence-corrected chi connectivity index (χ3v) is 11.0. The highest BCUT2D eigenvalue weighted by Gasteiger charge is 2.18. The van der Waals surface area contributed by atoms with Gasteiger partial charge >= 0.3 is 0 Å². The molecule has 0 bridgehead atoms. The van der Waals surface area contributed by atoms with Crippen LogP contribution in [0.15, 0.2) is 211 Å². The van der Waals surface area contributed by atoms with Crippen LogP contribution in [0.3, 0.4) is 0 Å². The van der Waals surface area contributed by atoms with Gasteiger partial charge in [0.2, 0.25) is 0 Å². The molecule has 0 spiro atoms. The zero-order valence-electron chi connectivity index (χ0n) is 29.9. The molecule has 0 saturated carbocycles. The molecule has 3 nitrogen and oxygen atoms in total. The summed E-state index contributed by atoms with van der Waals surface area (Å²) in [6, 6.07) is 74.0. The molecule has 0 fully saturated rings. The number of anilines is 3. The van der Waals surface area contributed by atoms with E-state index in [-0.39, 0.29) is 0 Å². The molecule has 0 amide bonds. The van der Waals surface area contributed by atoms with Crippen molar-refractivity contribution < 1.29 is 4.42 Å². The van der Waals surface area contributed by atoms with Crippen LogP contribution in [-0.2, 0) is 0 Å². The Hall–Kier alpha value is -7.36. The van der Waals surface area contributed by atoms with Crippen molar-refractivity contribution in [2.45, 2.75) is 0 Å². The lowest BCUT2D eigenvalue weighted by atomic mass is 9.99. The number of rotatable bonds is 6. The van der Waals surface area contributed by atoms with Gasteiger partial charge in [0.25, 0.3) is 0 Å². The zero-order chi connectivity index (χ0) is 36.3. The highest BCUT2D eigenvalue weighted by atomic mass is 16.3.